The monoisotopic (exact) mass is 284 g/mol. The lowest BCUT2D eigenvalue weighted by molar-refractivity contribution is 0.262. The van der Waals surface area contributed by atoms with Gasteiger partial charge in [-0.15, -0.1) is 0 Å². The molecule has 0 unspecified atom stereocenters. The first kappa shape index (κ1) is 14.6. The maximum Gasteiger partial charge on any atom is 0.140 e. The molecule has 0 atom stereocenters. The Kier molecular flexibility index (Phi) is 3.81. The molecule has 2 heteroatoms. The van der Waals surface area contributed by atoms with E-state index >= 15 is 0 Å². The van der Waals surface area contributed by atoms with Crippen LogP contribution in [0.3, 0.4) is 0 Å². The molecule has 21 heavy (non-hydrogen) atoms. The van der Waals surface area contributed by atoms with Crippen molar-refractivity contribution in [2.75, 3.05) is 0 Å². The van der Waals surface area contributed by atoms with Gasteiger partial charge >= 0.3 is 0 Å². The Morgan fingerprint density at radius 2 is 1.90 bits per heavy atom. The fourth-order valence-corrected chi connectivity index (χ4v) is 3.66. The van der Waals surface area contributed by atoms with Crippen LogP contribution in [0.25, 0.3) is 11.0 Å². The van der Waals surface area contributed by atoms with Crippen molar-refractivity contribution < 1.29 is 0 Å². The van der Waals surface area contributed by atoms with Crippen LogP contribution in [0.15, 0.2) is 24.4 Å². The number of pyridine rings is 1. The predicted octanol–water partition coefficient (Wildman–Crippen LogP) is 5.16. The third kappa shape index (κ3) is 3.00. The van der Waals surface area contributed by atoms with Crippen LogP contribution < -0.4 is 0 Å². The van der Waals surface area contributed by atoms with E-state index in [1.54, 1.807) is 0 Å². The minimum Gasteiger partial charge on any atom is -0.329 e. The Bertz CT molecular complexity index is 610. The molecule has 0 aliphatic heterocycles. The van der Waals surface area contributed by atoms with Gasteiger partial charge in [-0.25, -0.2) is 4.98 Å². The second-order valence-electron chi connectivity index (χ2n) is 7.93. The van der Waals surface area contributed by atoms with Crippen molar-refractivity contribution >= 4 is 11.0 Å². The number of rotatable bonds is 2. The zero-order valence-corrected chi connectivity index (χ0v) is 13.9. The quantitative estimate of drug-likeness (QED) is 0.744. The summed E-state index contributed by atoms with van der Waals surface area (Å²) in [5, 5.41) is 1.28. The van der Waals surface area contributed by atoms with Crippen LogP contribution in [-0.2, 0) is 12.0 Å². The number of nitrogens with zero attached hydrogens (tertiary/aromatic N) is 2. The van der Waals surface area contributed by atoms with E-state index in [0.29, 0.717) is 0 Å². The molecule has 0 amide bonds. The van der Waals surface area contributed by atoms with E-state index in [1.165, 1.54) is 42.4 Å². The average Bonchev–Trinajstić information content (AvgIpc) is 2.81. The predicted molar refractivity (Wildman–Crippen MR) is 89.6 cm³/mol. The van der Waals surface area contributed by atoms with Crippen molar-refractivity contribution in [1.82, 2.24) is 9.55 Å². The third-order valence-corrected chi connectivity index (χ3v) is 5.00. The standard InChI is InChI=1S/C19H28N2/c1-14-7-9-15(10-8-14)13-21-17(19(2,3)4)12-16-6-5-11-20-18(16)21/h5-6,11-12,14-15H,7-10,13H2,1-4H3. The summed E-state index contributed by atoms with van der Waals surface area (Å²) in [5.74, 6) is 1.74. The van der Waals surface area contributed by atoms with E-state index < -0.39 is 0 Å². The van der Waals surface area contributed by atoms with Crippen molar-refractivity contribution in [1.29, 1.82) is 0 Å². The van der Waals surface area contributed by atoms with Crippen LogP contribution in [0.1, 0.15) is 59.1 Å². The Morgan fingerprint density at radius 1 is 1.19 bits per heavy atom. The average molecular weight is 284 g/mol. The van der Waals surface area contributed by atoms with E-state index in [0.717, 1.165) is 18.4 Å². The van der Waals surface area contributed by atoms with Crippen molar-refractivity contribution in [3.05, 3.63) is 30.1 Å². The van der Waals surface area contributed by atoms with Crippen LogP contribution in [0.4, 0.5) is 0 Å². The highest BCUT2D eigenvalue weighted by Crippen LogP contribution is 2.33. The molecule has 3 rings (SSSR count). The maximum absolute atomic E-state index is 4.66. The van der Waals surface area contributed by atoms with Gasteiger partial charge in [0.05, 0.1) is 0 Å². The van der Waals surface area contributed by atoms with Crippen LogP contribution in [-0.4, -0.2) is 9.55 Å². The molecule has 0 aromatic carbocycles. The Morgan fingerprint density at radius 3 is 2.57 bits per heavy atom. The van der Waals surface area contributed by atoms with Crippen molar-refractivity contribution in [3.63, 3.8) is 0 Å². The molecule has 0 spiro atoms. The molecule has 0 radical (unpaired) electrons. The second-order valence-corrected chi connectivity index (χ2v) is 7.93. The molecule has 1 aliphatic carbocycles. The van der Waals surface area contributed by atoms with Crippen molar-refractivity contribution in [2.45, 2.75) is 65.3 Å². The Hall–Kier alpha value is -1.31. The molecule has 1 saturated carbocycles. The van der Waals surface area contributed by atoms with Crippen molar-refractivity contribution in [2.24, 2.45) is 11.8 Å². The topological polar surface area (TPSA) is 17.8 Å². The summed E-state index contributed by atoms with van der Waals surface area (Å²) < 4.78 is 2.50. The van der Waals surface area contributed by atoms with Gasteiger partial charge in [-0.2, -0.15) is 0 Å². The fourth-order valence-electron chi connectivity index (χ4n) is 3.66. The van der Waals surface area contributed by atoms with Gasteiger partial charge < -0.3 is 4.57 Å². The van der Waals surface area contributed by atoms with Gasteiger partial charge in [0.1, 0.15) is 5.65 Å². The van der Waals surface area contributed by atoms with E-state index in [2.05, 4.69) is 49.4 Å². The van der Waals surface area contributed by atoms with Crippen LogP contribution in [0.2, 0.25) is 0 Å². The van der Waals surface area contributed by atoms with Crippen molar-refractivity contribution in [3.8, 4) is 0 Å². The smallest absolute Gasteiger partial charge is 0.140 e. The lowest BCUT2D eigenvalue weighted by atomic mass is 9.82. The minimum absolute atomic E-state index is 0.169. The van der Waals surface area contributed by atoms with Crippen LogP contribution in [0, 0.1) is 11.8 Å². The highest BCUT2D eigenvalue weighted by molar-refractivity contribution is 5.77. The molecule has 2 aromatic rings. The van der Waals surface area contributed by atoms with Gasteiger partial charge in [0, 0.05) is 29.2 Å². The molecule has 0 bridgehead atoms. The molecule has 2 heterocycles. The normalized spacial score (nSPS) is 23.6. The highest BCUT2D eigenvalue weighted by atomic mass is 15.1. The molecule has 0 N–H and O–H groups in total. The summed E-state index contributed by atoms with van der Waals surface area (Å²) in [6, 6.07) is 6.58. The number of aromatic nitrogens is 2. The molecule has 1 fully saturated rings. The number of hydrogen-bond acceptors (Lipinski definition) is 1. The fraction of sp³-hybridized carbons (Fsp3) is 0.632. The van der Waals surface area contributed by atoms with E-state index in [-0.39, 0.29) is 5.41 Å². The zero-order chi connectivity index (χ0) is 15.0. The number of fused-ring (bicyclic) bond motifs is 1. The zero-order valence-electron chi connectivity index (χ0n) is 13.9. The molecule has 0 saturated heterocycles. The van der Waals surface area contributed by atoms with Gasteiger partial charge in [-0.05, 0) is 42.9 Å². The molecule has 1 aliphatic rings. The van der Waals surface area contributed by atoms with Crippen LogP contribution in [0.5, 0.6) is 0 Å². The molecule has 2 aromatic heterocycles. The SMILES string of the molecule is CC1CCC(Cn2c(C(C)(C)C)cc3cccnc32)CC1. The first-order valence-electron chi connectivity index (χ1n) is 8.40. The number of hydrogen-bond donors (Lipinski definition) is 0. The summed E-state index contributed by atoms with van der Waals surface area (Å²) in [6.07, 6.45) is 7.45. The van der Waals surface area contributed by atoms with Crippen LogP contribution >= 0.6 is 0 Å². The molecule has 2 nitrogen and oxygen atoms in total. The van der Waals surface area contributed by atoms with E-state index in [4.69, 9.17) is 0 Å². The van der Waals surface area contributed by atoms with Gasteiger partial charge in [0.25, 0.3) is 0 Å². The summed E-state index contributed by atoms with van der Waals surface area (Å²) in [6.45, 7) is 10.4. The van der Waals surface area contributed by atoms with Gasteiger partial charge in [-0.1, -0.05) is 40.5 Å². The summed E-state index contributed by atoms with van der Waals surface area (Å²) in [7, 11) is 0. The molecule has 114 valence electrons. The van der Waals surface area contributed by atoms with E-state index in [1.807, 2.05) is 12.3 Å². The summed E-state index contributed by atoms with van der Waals surface area (Å²) in [4.78, 5) is 4.66. The molecular weight excluding hydrogens is 256 g/mol. The lowest BCUT2D eigenvalue weighted by Gasteiger charge is -2.29. The van der Waals surface area contributed by atoms with E-state index in [9.17, 15) is 0 Å². The minimum atomic E-state index is 0.169. The van der Waals surface area contributed by atoms with Gasteiger partial charge in [-0.3, -0.25) is 0 Å². The lowest BCUT2D eigenvalue weighted by Crippen LogP contribution is -2.23. The Labute approximate surface area is 128 Å². The summed E-state index contributed by atoms with van der Waals surface area (Å²) in [5.41, 5.74) is 2.76. The highest BCUT2D eigenvalue weighted by Gasteiger charge is 2.25. The first-order chi connectivity index (χ1) is 9.95. The van der Waals surface area contributed by atoms with Gasteiger partial charge in [0.2, 0.25) is 0 Å². The largest absolute Gasteiger partial charge is 0.329 e. The Balaban J connectivity index is 1.96. The van der Waals surface area contributed by atoms with Gasteiger partial charge in [0.15, 0.2) is 0 Å². The maximum atomic E-state index is 4.66. The summed E-state index contributed by atoms with van der Waals surface area (Å²) >= 11 is 0. The third-order valence-electron chi connectivity index (χ3n) is 5.00. The molecular formula is C19H28N2. The first-order valence-corrected chi connectivity index (χ1v) is 8.40. The second kappa shape index (κ2) is 5.47.